The maximum atomic E-state index is 13.8. The molecule has 18 heavy (non-hydrogen) atoms. The van der Waals surface area contributed by atoms with E-state index in [0.717, 1.165) is 25.3 Å². The van der Waals surface area contributed by atoms with Gasteiger partial charge in [-0.3, -0.25) is 0 Å². The molecule has 0 aromatic heterocycles. The average molecular weight is 276 g/mol. The Morgan fingerprint density at radius 1 is 1.17 bits per heavy atom. The second kappa shape index (κ2) is 7.05. The van der Waals surface area contributed by atoms with Crippen LogP contribution in [0.15, 0.2) is 12.1 Å². The van der Waals surface area contributed by atoms with Gasteiger partial charge >= 0.3 is 0 Å². The van der Waals surface area contributed by atoms with E-state index in [1.807, 2.05) is 0 Å². The highest BCUT2D eigenvalue weighted by atomic mass is 35.5. The molecule has 0 radical (unpaired) electrons. The molecule has 4 heteroatoms. The summed E-state index contributed by atoms with van der Waals surface area (Å²) in [6, 6.07) is 2.06. The van der Waals surface area contributed by atoms with Crippen LogP contribution in [0.25, 0.3) is 0 Å². The monoisotopic (exact) mass is 275 g/mol. The molecule has 1 rings (SSSR count). The lowest BCUT2D eigenvalue weighted by Gasteiger charge is -2.18. The van der Waals surface area contributed by atoms with Crippen molar-refractivity contribution in [1.29, 1.82) is 0 Å². The lowest BCUT2D eigenvalue weighted by molar-refractivity contribution is 0.453. The molecule has 102 valence electrons. The molecule has 0 amide bonds. The van der Waals surface area contributed by atoms with Crippen molar-refractivity contribution in [3.8, 4) is 0 Å². The van der Waals surface area contributed by atoms with Crippen LogP contribution in [-0.2, 0) is 0 Å². The standard InChI is InChI=1S/C14H20ClF2N/c1-9(2)5-4-6-14(18-3)10-7-13(17)11(15)8-12(10)16/h7-9,14,18H,4-6H2,1-3H3. The van der Waals surface area contributed by atoms with Crippen molar-refractivity contribution in [2.45, 2.75) is 39.2 Å². The van der Waals surface area contributed by atoms with E-state index in [2.05, 4.69) is 19.2 Å². The van der Waals surface area contributed by atoms with Crippen molar-refractivity contribution >= 4 is 11.6 Å². The average Bonchev–Trinajstić information content (AvgIpc) is 2.30. The molecule has 1 unspecified atom stereocenters. The maximum Gasteiger partial charge on any atom is 0.142 e. The Hall–Kier alpha value is -0.670. The zero-order valence-electron chi connectivity index (χ0n) is 11.1. The molecule has 1 aromatic carbocycles. The summed E-state index contributed by atoms with van der Waals surface area (Å²) in [5.41, 5.74) is 0.350. The third-order valence-electron chi connectivity index (χ3n) is 3.04. The lowest BCUT2D eigenvalue weighted by Crippen LogP contribution is -2.18. The number of hydrogen-bond donors (Lipinski definition) is 1. The van der Waals surface area contributed by atoms with Crippen LogP contribution in [-0.4, -0.2) is 7.05 Å². The zero-order valence-corrected chi connectivity index (χ0v) is 11.8. The smallest absolute Gasteiger partial charge is 0.142 e. The molecule has 0 saturated heterocycles. The van der Waals surface area contributed by atoms with E-state index in [-0.39, 0.29) is 11.1 Å². The Labute approximate surface area is 113 Å². The highest BCUT2D eigenvalue weighted by Gasteiger charge is 2.16. The molecule has 0 aliphatic heterocycles. The van der Waals surface area contributed by atoms with E-state index in [4.69, 9.17) is 11.6 Å². The summed E-state index contributed by atoms with van der Waals surface area (Å²) in [6.45, 7) is 4.30. The Morgan fingerprint density at radius 2 is 1.83 bits per heavy atom. The summed E-state index contributed by atoms with van der Waals surface area (Å²) in [5.74, 6) is -0.406. The van der Waals surface area contributed by atoms with Gasteiger partial charge in [0.2, 0.25) is 0 Å². The van der Waals surface area contributed by atoms with Crippen molar-refractivity contribution in [1.82, 2.24) is 5.32 Å². The summed E-state index contributed by atoms with van der Waals surface area (Å²) in [7, 11) is 1.76. The van der Waals surface area contributed by atoms with Gasteiger partial charge < -0.3 is 5.32 Å². The number of rotatable bonds is 6. The molecule has 0 spiro atoms. The molecule has 1 N–H and O–H groups in total. The van der Waals surface area contributed by atoms with Gasteiger partial charge in [0, 0.05) is 11.6 Å². The Balaban J connectivity index is 2.78. The van der Waals surface area contributed by atoms with Crippen molar-refractivity contribution in [2.24, 2.45) is 5.92 Å². The molecule has 1 nitrogen and oxygen atoms in total. The quantitative estimate of drug-likeness (QED) is 0.742. The normalized spacial score (nSPS) is 13.1. The van der Waals surface area contributed by atoms with Crippen LogP contribution in [0.2, 0.25) is 5.02 Å². The van der Waals surface area contributed by atoms with Gasteiger partial charge in [-0.05, 0) is 31.5 Å². The van der Waals surface area contributed by atoms with Gasteiger partial charge in [0.25, 0.3) is 0 Å². The van der Waals surface area contributed by atoms with Gasteiger partial charge in [0.15, 0.2) is 0 Å². The molecular formula is C14H20ClF2N. The van der Waals surface area contributed by atoms with Crippen LogP contribution in [0.3, 0.4) is 0 Å². The van der Waals surface area contributed by atoms with Crippen LogP contribution >= 0.6 is 11.6 Å². The first-order chi connectivity index (χ1) is 8.45. The predicted molar refractivity (Wildman–Crippen MR) is 71.9 cm³/mol. The van der Waals surface area contributed by atoms with Crippen molar-refractivity contribution in [3.05, 3.63) is 34.4 Å². The highest BCUT2D eigenvalue weighted by Crippen LogP contribution is 2.27. The van der Waals surface area contributed by atoms with E-state index < -0.39 is 11.6 Å². The summed E-state index contributed by atoms with van der Waals surface area (Å²) in [4.78, 5) is 0. The minimum atomic E-state index is -0.572. The molecule has 0 fully saturated rings. The summed E-state index contributed by atoms with van der Waals surface area (Å²) >= 11 is 5.54. The highest BCUT2D eigenvalue weighted by molar-refractivity contribution is 6.30. The van der Waals surface area contributed by atoms with E-state index in [1.54, 1.807) is 7.05 Å². The fourth-order valence-electron chi connectivity index (χ4n) is 1.99. The summed E-state index contributed by atoms with van der Waals surface area (Å²) in [6.07, 6.45) is 2.84. The number of halogens is 3. The zero-order chi connectivity index (χ0) is 13.7. The van der Waals surface area contributed by atoms with Crippen molar-refractivity contribution in [3.63, 3.8) is 0 Å². The van der Waals surface area contributed by atoms with Crippen LogP contribution in [0.5, 0.6) is 0 Å². The fraction of sp³-hybridized carbons (Fsp3) is 0.571. The van der Waals surface area contributed by atoms with Crippen molar-refractivity contribution < 1.29 is 8.78 Å². The van der Waals surface area contributed by atoms with E-state index in [1.165, 1.54) is 6.07 Å². The van der Waals surface area contributed by atoms with Crippen molar-refractivity contribution in [2.75, 3.05) is 7.05 Å². The Kier molecular flexibility index (Phi) is 6.03. The molecule has 0 heterocycles. The van der Waals surface area contributed by atoms with E-state index >= 15 is 0 Å². The number of benzene rings is 1. The molecule has 0 aliphatic rings. The first-order valence-electron chi connectivity index (χ1n) is 6.27. The van der Waals surface area contributed by atoms with Gasteiger partial charge in [-0.25, -0.2) is 8.78 Å². The third-order valence-corrected chi connectivity index (χ3v) is 3.33. The molecule has 0 saturated carbocycles. The topological polar surface area (TPSA) is 12.0 Å². The maximum absolute atomic E-state index is 13.8. The van der Waals surface area contributed by atoms with Gasteiger partial charge in [-0.15, -0.1) is 0 Å². The molecule has 1 aromatic rings. The minimum Gasteiger partial charge on any atom is -0.313 e. The molecule has 0 bridgehead atoms. The molecule has 1 atom stereocenters. The van der Waals surface area contributed by atoms with Gasteiger partial charge in [0.1, 0.15) is 11.6 Å². The van der Waals surface area contributed by atoms with E-state index in [9.17, 15) is 8.78 Å². The third kappa shape index (κ3) is 4.21. The fourth-order valence-corrected chi connectivity index (χ4v) is 2.14. The number of hydrogen-bond acceptors (Lipinski definition) is 1. The second-order valence-electron chi connectivity index (χ2n) is 4.95. The Morgan fingerprint density at radius 3 is 2.39 bits per heavy atom. The number of nitrogens with one attached hydrogen (secondary N) is 1. The predicted octanol–water partition coefficient (Wildman–Crippen LogP) is 4.71. The lowest BCUT2D eigenvalue weighted by atomic mass is 9.97. The summed E-state index contributed by atoms with van der Waals surface area (Å²) < 4.78 is 27.1. The van der Waals surface area contributed by atoms with Crippen LogP contribution in [0.1, 0.15) is 44.7 Å². The Bertz CT molecular complexity index is 394. The van der Waals surface area contributed by atoms with Gasteiger partial charge in [-0.2, -0.15) is 0 Å². The second-order valence-corrected chi connectivity index (χ2v) is 5.36. The largest absolute Gasteiger partial charge is 0.313 e. The van der Waals surface area contributed by atoms with E-state index in [0.29, 0.717) is 11.5 Å². The van der Waals surface area contributed by atoms with Crippen LogP contribution in [0, 0.1) is 17.6 Å². The summed E-state index contributed by atoms with van der Waals surface area (Å²) in [5, 5.41) is 2.86. The van der Waals surface area contributed by atoms with Gasteiger partial charge in [0.05, 0.1) is 5.02 Å². The first-order valence-corrected chi connectivity index (χ1v) is 6.65. The van der Waals surface area contributed by atoms with Crippen LogP contribution in [0.4, 0.5) is 8.78 Å². The minimum absolute atomic E-state index is 0.171. The molecule has 0 aliphatic carbocycles. The molecular weight excluding hydrogens is 256 g/mol. The van der Waals surface area contributed by atoms with Gasteiger partial charge in [-0.1, -0.05) is 38.3 Å². The SMILES string of the molecule is CNC(CCCC(C)C)c1cc(F)c(Cl)cc1F. The first kappa shape index (κ1) is 15.4. The van der Waals surface area contributed by atoms with Crippen LogP contribution < -0.4 is 5.32 Å².